The third kappa shape index (κ3) is 37.6. The van der Waals surface area contributed by atoms with E-state index in [1.165, 1.54) is 44.2 Å². The number of aliphatic carboxylic acids is 1. The van der Waals surface area contributed by atoms with Crippen LogP contribution in [-0.4, -0.2) is 244 Å². The number of alkyl halides is 3. The van der Waals surface area contributed by atoms with Crippen molar-refractivity contribution in [2.24, 2.45) is 46.0 Å². The monoisotopic (exact) mass is 1670 g/mol. The zero-order valence-electron chi connectivity index (χ0n) is 68.0. The van der Waals surface area contributed by atoms with E-state index < -0.39 is 229 Å². The number of hydrogen-bond donors (Lipinski definition) is 20. The van der Waals surface area contributed by atoms with Gasteiger partial charge >= 0.3 is 30.3 Å². The van der Waals surface area contributed by atoms with Crippen LogP contribution in [0, 0.1) is 29.6 Å². The maximum Gasteiger partial charge on any atom is 0.490 e. The lowest BCUT2D eigenvalue weighted by Gasteiger charge is -2.34. The van der Waals surface area contributed by atoms with E-state index >= 15 is 14.4 Å². The average molecular weight is 1670 g/mol. The number of aliphatic hydroxyl groups is 4. The Morgan fingerprint density at radius 2 is 1.12 bits per heavy atom. The number of carboxylic acids is 1. The van der Waals surface area contributed by atoms with Gasteiger partial charge in [0, 0.05) is 19.6 Å². The fourth-order valence-corrected chi connectivity index (χ4v) is 11.0. The van der Waals surface area contributed by atoms with Crippen LogP contribution in [0.5, 0.6) is 0 Å². The summed E-state index contributed by atoms with van der Waals surface area (Å²) in [4.78, 5) is 214. The van der Waals surface area contributed by atoms with Crippen molar-refractivity contribution < 1.29 is 125 Å². The zero-order valence-corrected chi connectivity index (χ0v) is 68.0. The highest BCUT2D eigenvalue weighted by Crippen LogP contribution is 2.26. The van der Waals surface area contributed by atoms with Gasteiger partial charge < -0.3 is 120 Å². The predicted octanol–water partition coefficient (Wildman–Crippen LogP) is -1.68. The molecule has 1 fully saturated rings. The number of nitrogens with one attached hydrogen (secondary N) is 13. The summed E-state index contributed by atoms with van der Waals surface area (Å²) in [6.45, 7) is 18.8. The number of rotatable bonds is 29. The molecule has 117 heavy (non-hydrogen) atoms. The summed E-state index contributed by atoms with van der Waals surface area (Å²) in [5.41, 5.74) is 10.7. The Bertz CT molecular complexity index is 3660. The van der Waals surface area contributed by atoms with Gasteiger partial charge in [-0.3, -0.25) is 57.7 Å². The quantitative estimate of drug-likeness (QED) is 0.0142. The number of nitrogens with zero attached hydrogens (tertiary/aromatic N) is 1. The number of halogens is 3. The molecular weight excluding hydrogens is 1550 g/mol. The second-order valence-electron chi connectivity index (χ2n) is 30.3. The van der Waals surface area contributed by atoms with Crippen LogP contribution in [-0.2, 0) is 83.1 Å². The lowest BCUT2D eigenvalue weighted by atomic mass is 9.95. The summed E-state index contributed by atoms with van der Waals surface area (Å²) in [6.07, 6.45) is -15.7. The SMILES string of the molecule is CC[C@H](C)[C@@H]1NC(=O)[C@@H](CCCN=C(N)N)NC(=O)[C@H](CC(C)C)NC(=O)[C@H]([C@H](O)C(C)C)NC(=O)[C@@H](NC(=O)[C@H](CC(C)C)NC(=O)[C@@H](CC(C)C)NC(=O)OC(C)(C)C)[C@@H](c2ccccc2)OC(=O)[C@H](CO)NC(=O)[C@H]([C@H](O)C(=O)NCCNC(=O)OCc2ccccc2)NC(=O)CNC(=O)[C@H]([C@H](C)O)NC1=O.O=C(O)C(F)(F)F. The molecule has 1 aliphatic rings. The number of amides is 13. The van der Waals surface area contributed by atoms with E-state index in [0.29, 0.717) is 5.56 Å². The lowest BCUT2D eigenvalue weighted by molar-refractivity contribution is -0.192. The zero-order chi connectivity index (χ0) is 88.9. The van der Waals surface area contributed by atoms with Gasteiger partial charge in [-0.25, -0.2) is 19.2 Å². The third-order valence-electron chi connectivity index (χ3n) is 17.2. The number of esters is 1. The van der Waals surface area contributed by atoms with Gasteiger partial charge in [-0.2, -0.15) is 13.2 Å². The summed E-state index contributed by atoms with van der Waals surface area (Å²) in [7, 11) is 0. The first kappa shape index (κ1) is 102. The van der Waals surface area contributed by atoms with Crippen molar-refractivity contribution >= 4 is 95.1 Å². The second kappa shape index (κ2) is 49.8. The molecule has 0 unspecified atom stereocenters. The molecule has 0 bridgehead atoms. The van der Waals surface area contributed by atoms with E-state index in [-0.39, 0.29) is 75.7 Å². The summed E-state index contributed by atoms with van der Waals surface area (Å²) in [5, 5.41) is 84.2. The van der Waals surface area contributed by atoms with Gasteiger partial charge in [0.1, 0.15) is 66.6 Å². The first-order valence-electron chi connectivity index (χ1n) is 38.0. The van der Waals surface area contributed by atoms with Gasteiger partial charge in [-0.1, -0.05) is 136 Å². The number of carbonyl (C=O) groups is 15. The molecular formula is C75H117F3N16O23. The maximum atomic E-state index is 15.7. The number of nitrogens with two attached hydrogens (primary N) is 2. The highest BCUT2D eigenvalue weighted by molar-refractivity contribution is 6.00. The number of alkyl carbamates (subject to hydrolysis) is 2. The van der Waals surface area contributed by atoms with Crippen LogP contribution >= 0.6 is 0 Å². The molecule has 39 nitrogen and oxygen atoms in total. The molecule has 3 rings (SSSR count). The topological polar surface area (TPSA) is 606 Å². The number of ether oxygens (including phenoxy) is 3. The van der Waals surface area contributed by atoms with Crippen molar-refractivity contribution in [3.8, 4) is 0 Å². The molecule has 13 amide bonds. The molecule has 0 aliphatic carbocycles. The maximum absolute atomic E-state index is 15.7. The van der Waals surface area contributed by atoms with Crippen LogP contribution in [0.3, 0.4) is 0 Å². The predicted molar refractivity (Wildman–Crippen MR) is 413 cm³/mol. The van der Waals surface area contributed by atoms with Crippen molar-refractivity contribution in [2.75, 3.05) is 32.8 Å². The fourth-order valence-electron chi connectivity index (χ4n) is 11.0. The van der Waals surface area contributed by atoms with E-state index in [0.717, 1.165) is 6.92 Å². The Labute approximate surface area is 675 Å². The number of hydrogen-bond acceptors (Lipinski definition) is 23. The molecule has 2 aromatic rings. The summed E-state index contributed by atoms with van der Waals surface area (Å²) in [6, 6.07) is -3.21. The number of guanidine groups is 1. The molecule has 15 atom stereocenters. The van der Waals surface area contributed by atoms with Gasteiger partial charge in [0.25, 0.3) is 5.91 Å². The van der Waals surface area contributed by atoms with Crippen LogP contribution in [0.1, 0.15) is 153 Å². The number of carboxylic acid groups (broad SMARTS) is 1. The third-order valence-corrected chi connectivity index (χ3v) is 17.2. The van der Waals surface area contributed by atoms with Gasteiger partial charge in [-0.05, 0) is 101 Å². The van der Waals surface area contributed by atoms with Crippen LogP contribution in [0.15, 0.2) is 65.7 Å². The molecule has 1 saturated heterocycles. The number of aliphatic imine (C=N–C) groups is 1. The normalized spacial score (nSPS) is 21.6. The Balaban J connectivity index is 0.00000631. The van der Waals surface area contributed by atoms with E-state index in [9.17, 15) is 86.3 Å². The molecule has 1 heterocycles. The molecule has 0 spiro atoms. The molecule has 0 aromatic heterocycles. The standard InChI is InChI=1S/C73H116N16O21.C2HF3O2/c1-15-41(10)51-64(100)87-52(42(11)91)63(99)79-34-50(92)85-54(57(94)68(104)76-29-30-78-71(106)108-36-43-23-18-16-19-24-43)66(102)83-49(35-90)69(105)109-58(44-25-20-17-21-26-44)55(89-62(98)47(32-38(4)5)81-61(97)48(33-39(6)7)84-72(107)110-73(12,13)14)67(103)88-53(56(93)40(8)9)65(101)82-46(31-37(2)3)60(96)80-45(59(95)86-51)27-22-28-77-70(74)75;3-2(4,5)1(6)7/h16-21,23-26,37-42,45-49,51-58,90-91,93-94H,15,22,27-36H2,1-14H3,(H,76,104)(H,78,106)(H,79,99)(H,80,96)(H,81,97)(H,82,101)(H,83,102)(H,84,107)(H,85,92)(H,86,95)(H,87,100)(H,88,103)(H,89,98)(H4,74,75,77);(H,6,7)/t41-,42-,45+,46-,47-,48+,49-,51-,52-,53-,54-,55-,56+,57-,58+;/m0./s1. The largest absolute Gasteiger partial charge is 0.490 e. The summed E-state index contributed by atoms with van der Waals surface area (Å²) >= 11 is 0. The average Bonchev–Trinajstić information content (AvgIpc) is 0.810. The Hall–Kier alpha value is -11.0. The van der Waals surface area contributed by atoms with Crippen LogP contribution in [0.4, 0.5) is 22.8 Å². The smallest absolute Gasteiger partial charge is 0.475 e. The van der Waals surface area contributed by atoms with Crippen molar-refractivity contribution in [2.45, 2.75) is 239 Å². The molecule has 22 N–H and O–H groups in total. The number of cyclic esters (lactones) is 1. The molecule has 656 valence electrons. The van der Waals surface area contributed by atoms with Crippen molar-refractivity contribution in [3.63, 3.8) is 0 Å². The Kier molecular flexibility index (Phi) is 43.4. The van der Waals surface area contributed by atoms with Crippen molar-refractivity contribution in [3.05, 3.63) is 71.8 Å². The second-order valence-corrected chi connectivity index (χ2v) is 30.3. The van der Waals surface area contributed by atoms with E-state index in [4.69, 9.17) is 35.6 Å². The Morgan fingerprint density at radius 1 is 0.607 bits per heavy atom. The Morgan fingerprint density at radius 3 is 1.64 bits per heavy atom. The van der Waals surface area contributed by atoms with Crippen LogP contribution < -0.4 is 80.6 Å². The van der Waals surface area contributed by atoms with E-state index in [1.54, 1.807) is 106 Å². The fraction of sp³-hybridized carbons (Fsp3) is 0.627. The number of benzene rings is 2. The van der Waals surface area contributed by atoms with Gasteiger partial charge in [-0.15, -0.1) is 0 Å². The van der Waals surface area contributed by atoms with E-state index in [2.05, 4.69) is 74.1 Å². The molecule has 2 aromatic carbocycles. The molecule has 0 saturated carbocycles. The van der Waals surface area contributed by atoms with E-state index in [1.807, 2.05) is 0 Å². The first-order valence-corrected chi connectivity index (χ1v) is 38.0. The first-order chi connectivity index (χ1) is 54.5. The molecule has 1 aliphatic heterocycles. The van der Waals surface area contributed by atoms with Crippen LogP contribution in [0.2, 0.25) is 0 Å². The molecule has 42 heteroatoms. The minimum absolute atomic E-state index is 0.0151. The minimum Gasteiger partial charge on any atom is -0.475 e. The lowest BCUT2D eigenvalue weighted by Crippen LogP contribution is -2.64. The highest BCUT2D eigenvalue weighted by Gasteiger charge is 2.45. The van der Waals surface area contributed by atoms with Crippen LogP contribution in [0.25, 0.3) is 0 Å². The number of carbonyl (C=O) groups excluding carboxylic acids is 14. The number of aliphatic hydroxyl groups excluding tert-OH is 4. The molecule has 0 radical (unpaired) electrons. The minimum atomic E-state index is -5.08. The van der Waals surface area contributed by atoms with Crippen molar-refractivity contribution in [1.82, 2.24) is 69.1 Å². The van der Waals surface area contributed by atoms with Gasteiger partial charge in [0.2, 0.25) is 59.1 Å². The summed E-state index contributed by atoms with van der Waals surface area (Å²) < 4.78 is 48.4. The van der Waals surface area contributed by atoms with Crippen molar-refractivity contribution in [1.29, 1.82) is 0 Å². The van der Waals surface area contributed by atoms with Gasteiger partial charge in [0.15, 0.2) is 24.2 Å². The summed E-state index contributed by atoms with van der Waals surface area (Å²) in [5.74, 6) is -20.8. The highest BCUT2D eigenvalue weighted by atomic mass is 19.4. The van der Waals surface area contributed by atoms with Gasteiger partial charge in [0.05, 0.1) is 25.4 Å².